The van der Waals surface area contributed by atoms with Crippen molar-refractivity contribution in [1.29, 1.82) is 0 Å². The lowest BCUT2D eigenvalue weighted by Crippen LogP contribution is -2.06. The van der Waals surface area contributed by atoms with Crippen LogP contribution in [-0.2, 0) is 6.18 Å². The molecular formula is C11H7F3NS. The van der Waals surface area contributed by atoms with E-state index >= 15 is 0 Å². The molecular weight excluding hydrogens is 235 g/mol. The van der Waals surface area contributed by atoms with Gasteiger partial charge in [0.2, 0.25) is 0 Å². The maximum Gasteiger partial charge on any atom is 0.417 e. The zero-order valence-electron chi connectivity index (χ0n) is 8.30. The summed E-state index contributed by atoms with van der Waals surface area (Å²) in [6.07, 6.45) is -4.34. The van der Waals surface area contributed by atoms with E-state index in [1.54, 1.807) is 13.0 Å². The monoisotopic (exact) mass is 242 g/mol. The topological polar surface area (TPSA) is 12.9 Å². The van der Waals surface area contributed by atoms with Crippen molar-refractivity contribution in [3.63, 3.8) is 0 Å². The summed E-state index contributed by atoms with van der Waals surface area (Å²) in [7, 11) is 0. The molecule has 0 amide bonds. The summed E-state index contributed by atoms with van der Waals surface area (Å²) in [5.41, 5.74) is 2.71. The number of halogens is 3. The summed E-state index contributed by atoms with van der Waals surface area (Å²) in [4.78, 5) is 4.36. The van der Waals surface area contributed by atoms with E-state index in [2.05, 4.69) is 10.5 Å². The van der Waals surface area contributed by atoms with Crippen LogP contribution in [0.1, 0.15) is 11.3 Å². The van der Waals surface area contributed by atoms with Crippen molar-refractivity contribution < 1.29 is 13.2 Å². The number of hydrogen-bond acceptors (Lipinski definition) is 2. The van der Waals surface area contributed by atoms with E-state index < -0.39 is 11.7 Å². The van der Waals surface area contributed by atoms with Crippen LogP contribution in [-0.4, -0.2) is 4.98 Å². The van der Waals surface area contributed by atoms with Crippen LogP contribution in [0.5, 0.6) is 0 Å². The van der Waals surface area contributed by atoms with Gasteiger partial charge >= 0.3 is 6.18 Å². The van der Waals surface area contributed by atoms with E-state index in [0.717, 1.165) is 17.4 Å². The fraction of sp³-hybridized carbons (Fsp3) is 0.182. The molecule has 16 heavy (non-hydrogen) atoms. The lowest BCUT2D eigenvalue weighted by atomic mass is 10.0. The number of benzene rings is 1. The Labute approximate surface area is 94.6 Å². The molecule has 1 nitrogen and oxygen atoms in total. The van der Waals surface area contributed by atoms with Gasteiger partial charge in [-0.15, -0.1) is 11.3 Å². The average molecular weight is 242 g/mol. The molecule has 1 aromatic carbocycles. The van der Waals surface area contributed by atoms with Gasteiger partial charge in [-0.3, -0.25) is 0 Å². The highest BCUT2D eigenvalue weighted by Crippen LogP contribution is 2.39. The smallest absolute Gasteiger partial charge is 0.238 e. The van der Waals surface area contributed by atoms with Crippen molar-refractivity contribution in [3.8, 4) is 10.4 Å². The van der Waals surface area contributed by atoms with Crippen molar-refractivity contribution in [1.82, 2.24) is 4.98 Å². The first-order chi connectivity index (χ1) is 7.50. The predicted molar refractivity (Wildman–Crippen MR) is 56.1 cm³/mol. The second-order valence-electron chi connectivity index (χ2n) is 3.26. The Kier molecular flexibility index (Phi) is 2.71. The van der Waals surface area contributed by atoms with Crippen LogP contribution in [0, 0.1) is 12.4 Å². The van der Waals surface area contributed by atoms with Crippen LogP contribution in [0.4, 0.5) is 13.2 Å². The number of thiazole rings is 1. The van der Waals surface area contributed by atoms with Crippen LogP contribution >= 0.6 is 11.3 Å². The summed E-state index contributed by atoms with van der Waals surface area (Å²) in [5.74, 6) is 0. The van der Waals surface area contributed by atoms with E-state index in [-0.39, 0.29) is 5.56 Å². The summed E-state index contributed by atoms with van der Waals surface area (Å²) in [6.45, 7) is 1.68. The number of nitrogens with zero attached hydrogens (tertiary/aromatic N) is 1. The van der Waals surface area contributed by atoms with Crippen LogP contribution in [0.25, 0.3) is 10.4 Å². The maximum atomic E-state index is 12.7. The number of aromatic nitrogens is 1. The Hall–Kier alpha value is -1.36. The third-order valence-corrected chi connectivity index (χ3v) is 3.07. The highest BCUT2D eigenvalue weighted by atomic mass is 32.1. The van der Waals surface area contributed by atoms with Gasteiger partial charge in [0, 0.05) is 5.56 Å². The third-order valence-electron chi connectivity index (χ3n) is 2.17. The van der Waals surface area contributed by atoms with Gasteiger partial charge in [0.05, 0.1) is 16.1 Å². The summed E-state index contributed by atoms with van der Waals surface area (Å²) in [6, 6.07) is 5.50. The van der Waals surface area contributed by atoms with E-state index in [1.165, 1.54) is 12.1 Å². The van der Waals surface area contributed by atoms with E-state index in [9.17, 15) is 13.2 Å². The molecule has 1 aromatic heterocycles. The first-order valence-electron chi connectivity index (χ1n) is 4.50. The highest BCUT2D eigenvalue weighted by molar-refractivity contribution is 7.13. The first-order valence-corrected chi connectivity index (χ1v) is 5.32. The molecule has 0 bridgehead atoms. The normalized spacial score (nSPS) is 11.8. The third kappa shape index (κ3) is 1.95. The Morgan fingerprint density at radius 3 is 2.50 bits per heavy atom. The fourth-order valence-electron chi connectivity index (χ4n) is 1.44. The molecule has 0 aliphatic carbocycles. The van der Waals surface area contributed by atoms with Gasteiger partial charge in [-0.1, -0.05) is 18.2 Å². The zero-order valence-corrected chi connectivity index (χ0v) is 9.12. The Bertz CT molecular complexity index is 502. The zero-order chi connectivity index (χ0) is 11.8. The molecule has 2 rings (SSSR count). The predicted octanol–water partition coefficient (Wildman–Crippen LogP) is 3.94. The van der Waals surface area contributed by atoms with Crippen LogP contribution < -0.4 is 0 Å². The number of rotatable bonds is 1. The molecule has 0 N–H and O–H groups in total. The molecule has 0 saturated carbocycles. The number of aryl methyl sites for hydroxylation is 1. The first kappa shape index (κ1) is 11.1. The highest BCUT2D eigenvalue weighted by Gasteiger charge is 2.33. The molecule has 0 spiro atoms. The van der Waals surface area contributed by atoms with Crippen molar-refractivity contribution >= 4 is 11.3 Å². The average Bonchev–Trinajstić information content (AvgIpc) is 2.63. The Morgan fingerprint density at radius 1 is 1.25 bits per heavy atom. The van der Waals surface area contributed by atoms with Gasteiger partial charge in [-0.05, 0) is 13.0 Å². The lowest BCUT2D eigenvalue weighted by Gasteiger charge is -2.11. The number of hydrogen-bond donors (Lipinski definition) is 0. The van der Waals surface area contributed by atoms with Crippen molar-refractivity contribution in [2.24, 2.45) is 0 Å². The molecule has 0 aliphatic heterocycles. The fourth-order valence-corrected chi connectivity index (χ4v) is 2.19. The molecule has 83 valence electrons. The molecule has 0 aliphatic rings. The van der Waals surface area contributed by atoms with Gasteiger partial charge in [0.15, 0.2) is 5.51 Å². The molecule has 0 atom stereocenters. The molecule has 1 heterocycles. The molecule has 2 aromatic rings. The van der Waals surface area contributed by atoms with E-state index in [1.807, 2.05) is 0 Å². The standard InChI is InChI=1S/C11H7F3NS/c1-7-10(16-6-15-7)8-4-2-3-5-9(8)11(12,13)14/h2-5H,1H3. The van der Waals surface area contributed by atoms with Gasteiger partial charge in [-0.25, -0.2) is 4.98 Å². The van der Waals surface area contributed by atoms with Crippen LogP contribution in [0.15, 0.2) is 24.3 Å². The quantitative estimate of drug-likeness (QED) is 0.738. The molecule has 5 heteroatoms. The number of alkyl halides is 3. The second kappa shape index (κ2) is 3.90. The Morgan fingerprint density at radius 2 is 1.94 bits per heavy atom. The SMILES string of the molecule is Cc1n[c]sc1-c1ccccc1C(F)(F)F. The minimum atomic E-state index is -4.34. The molecule has 0 unspecified atom stereocenters. The van der Waals surface area contributed by atoms with Crippen LogP contribution in [0.3, 0.4) is 0 Å². The Balaban J connectivity index is 2.62. The summed E-state index contributed by atoms with van der Waals surface area (Å²) >= 11 is 1.10. The lowest BCUT2D eigenvalue weighted by molar-refractivity contribution is -0.137. The minimum absolute atomic E-state index is 0.172. The van der Waals surface area contributed by atoms with Crippen molar-refractivity contribution in [2.45, 2.75) is 13.1 Å². The summed E-state index contributed by atoms with van der Waals surface area (Å²) < 4.78 is 38.2. The van der Waals surface area contributed by atoms with Gasteiger partial charge in [-0.2, -0.15) is 13.2 Å². The van der Waals surface area contributed by atoms with Gasteiger partial charge in [0.25, 0.3) is 0 Å². The van der Waals surface area contributed by atoms with Crippen LogP contribution in [0.2, 0.25) is 0 Å². The largest absolute Gasteiger partial charge is 0.417 e. The second-order valence-corrected chi connectivity index (χ2v) is 4.06. The molecule has 0 fully saturated rings. The van der Waals surface area contributed by atoms with E-state index in [4.69, 9.17) is 0 Å². The van der Waals surface area contributed by atoms with Crippen molar-refractivity contribution in [2.75, 3.05) is 0 Å². The maximum absolute atomic E-state index is 12.7. The van der Waals surface area contributed by atoms with Crippen molar-refractivity contribution in [3.05, 3.63) is 41.0 Å². The molecule has 1 radical (unpaired) electrons. The summed E-state index contributed by atoms with van der Waals surface area (Å²) in [5, 5.41) is 0. The van der Waals surface area contributed by atoms with E-state index in [0.29, 0.717) is 10.6 Å². The molecule has 0 saturated heterocycles. The van der Waals surface area contributed by atoms with Gasteiger partial charge in [0.1, 0.15) is 0 Å². The minimum Gasteiger partial charge on any atom is -0.238 e. The van der Waals surface area contributed by atoms with Gasteiger partial charge < -0.3 is 0 Å².